The van der Waals surface area contributed by atoms with Gasteiger partial charge < -0.3 is 9.05 Å². The van der Waals surface area contributed by atoms with Crippen molar-refractivity contribution in [2.75, 3.05) is 13.2 Å². The molecule has 0 rings (SSSR count). The van der Waals surface area contributed by atoms with Crippen LogP contribution in [0.1, 0.15) is 33.1 Å². The van der Waals surface area contributed by atoms with Gasteiger partial charge in [0.15, 0.2) is 0 Å². The van der Waals surface area contributed by atoms with Crippen molar-refractivity contribution in [3.63, 3.8) is 0 Å². The highest BCUT2D eigenvalue weighted by Gasteiger charge is 2.36. The highest BCUT2D eigenvalue weighted by Crippen LogP contribution is 2.60. The van der Waals surface area contributed by atoms with Gasteiger partial charge in [-0.2, -0.15) is 0 Å². The Bertz CT molecular complexity index is 211. The Balaban J connectivity index is 4.20. The van der Waals surface area contributed by atoms with Gasteiger partial charge in [-0.3, -0.25) is 4.57 Å². The summed E-state index contributed by atoms with van der Waals surface area (Å²) >= 11 is 0. The van der Waals surface area contributed by atoms with Crippen LogP contribution in [0.5, 0.6) is 0 Å². The summed E-state index contributed by atoms with van der Waals surface area (Å²) < 4.78 is 35.1. The molecular weight excluding hydrogens is 218 g/mol. The fourth-order valence-corrected chi connectivity index (χ4v) is 2.51. The SMILES string of the molecule is C=CCCC[C](F)P(=O)(OCC)OCC. The minimum atomic E-state index is -3.63. The van der Waals surface area contributed by atoms with Crippen LogP contribution in [-0.4, -0.2) is 13.2 Å². The normalized spacial score (nSPS) is 12.0. The molecule has 0 aromatic rings. The number of unbranched alkanes of at least 4 members (excludes halogenated alkanes) is 1. The van der Waals surface area contributed by atoms with Crippen LogP contribution in [0.3, 0.4) is 0 Å². The van der Waals surface area contributed by atoms with Gasteiger partial charge >= 0.3 is 7.60 Å². The van der Waals surface area contributed by atoms with Crippen LogP contribution in [0.15, 0.2) is 12.7 Å². The number of hydrogen-bond acceptors (Lipinski definition) is 3. The Morgan fingerprint density at radius 1 is 1.40 bits per heavy atom. The van der Waals surface area contributed by atoms with Crippen LogP contribution in [0.2, 0.25) is 0 Å². The van der Waals surface area contributed by atoms with Gasteiger partial charge in [0.1, 0.15) is 0 Å². The lowest BCUT2D eigenvalue weighted by atomic mass is 10.2. The van der Waals surface area contributed by atoms with Gasteiger partial charge in [0.05, 0.1) is 13.2 Å². The van der Waals surface area contributed by atoms with Crippen LogP contribution in [-0.2, 0) is 13.6 Å². The standard InChI is InChI=1S/C10H19FO3P/c1-4-7-8-9-10(11)15(12,13-5-2)14-6-3/h4H,1,5-9H2,2-3H3. The second-order valence-electron chi connectivity index (χ2n) is 2.89. The summed E-state index contributed by atoms with van der Waals surface area (Å²) in [7, 11) is -3.63. The minimum absolute atomic E-state index is 0.100. The maximum atomic E-state index is 13.5. The molecule has 0 bridgehead atoms. The highest BCUT2D eigenvalue weighted by molar-refractivity contribution is 7.57. The van der Waals surface area contributed by atoms with E-state index in [-0.39, 0.29) is 19.6 Å². The number of halogens is 1. The summed E-state index contributed by atoms with van der Waals surface area (Å²) in [4.78, 5) is 0. The third-order valence-corrected chi connectivity index (χ3v) is 3.70. The van der Waals surface area contributed by atoms with E-state index < -0.39 is 13.5 Å². The van der Waals surface area contributed by atoms with Gasteiger partial charge in [0, 0.05) is 0 Å². The van der Waals surface area contributed by atoms with Gasteiger partial charge in [-0.05, 0) is 33.1 Å². The van der Waals surface area contributed by atoms with Crippen molar-refractivity contribution in [2.24, 2.45) is 0 Å². The number of hydrogen-bond donors (Lipinski definition) is 0. The monoisotopic (exact) mass is 237 g/mol. The molecule has 0 amide bonds. The molecule has 0 saturated heterocycles. The molecule has 1 radical (unpaired) electrons. The lowest BCUT2D eigenvalue weighted by Gasteiger charge is -2.19. The smallest absolute Gasteiger partial charge is 0.307 e. The Hall–Kier alpha value is -0.180. The molecule has 0 aromatic heterocycles. The minimum Gasteiger partial charge on any atom is -0.307 e. The molecule has 0 heterocycles. The molecule has 0 aliphatic carbocycles. The van der Waals surface area contributed by atoms with Crippen LogP contribution in [0, 0.1) is 5.91 Å². The summed E-state index contributed by atoms with van der Waals surface area (Å²) in [6.07, 6.45) is 3.05. The van der Waals surface area contributed by atoms with Crippen LogP contribution < -0.4 is 0 Å². The zero-order valence-electron chi connectivity index (χ0n) is 9.37. The van der Waals surface area contributed by atoms with E-state index in [0.717, 1.165) is 0 Å². The number of rotatable bonds is 9. The molecule has 0 saturated carbocycles. The average molecular weight is 237 g/mol. The maximum Gasteiger partial charge on any atom is 0.371 e. The van der Waals surface area contributed by atoms with Crippen molar-refractivity contribution in [3.8, 4) is 0 Å². The molecule has 5 heteroatoms. The maximum absolute atomic E-state index is 13.5. The first kappa shape index (κ1) is 14.8. The molecule has 0 aromatic carbocycles. The van der Waals surface area contributed by atoms with Gasteiger partial charge in [0.2, 0.25) is 0 Å². The number of allylic oxidation sites excluding steroid dienone is 1. The van der Waals surface area contributed by atoms with E-state index in [1.54, 1.807) is 19.9 Å². The Labute approximate surface area is 91.2 Å². The molecule has 89 valence electrons. The molecule has 0 fully saturated rings. The summed E-state index contributed by atoms with van der Waals surface area (Å²) in [6, 6.07) is 0. The fourth-order valence-electron chi connectivity index (χ4n) is 1.05. The second kappa shape index (κ2) is 8.03. The molecular formula is C10H19FO3P. The van der Waals surface area contributed by atoms with E-state index in [1.165, 1.54) is 0 Å². The fraction of sp³-hybridized carbons (Fsp3) is 0.700. The van der Waals surface area contributed by atoms with Gasteiger partial charge in [-0.1, -0.05) is 6.08 Å². The van der Waals surface area contributed by atoms with Crippen LogP contribution >= 0.6 is 7.60 Å². The summed E-state index contributed by atoms with van der Waals surface area (Å²) in [6.45, 7) is 7.19. The average Bonchev–Trinajstić information content (AvgIpc) is 2.18. The van der Waals surface area contributed by atoms with Crippen molar-refractivity contribution in [2.45, 2.75) is 33.1 Å². The van der Waals surface area contributed by atoms with E-state index in [0.29, 0.717) is 12.8 Å². The quantitative estimate of drug-likeness (QED) is 0.344. The molecule has 0 aliphatic heterocycles. The molecule has 0 unspecified atom stereocenters. The third-order valence-electron chi connectivity index (χ3n) is 1.69. The molecule has 3 nitrogen and oxygen atoms in total. The predicted molar refractivity (Wildman–Crippen MR) is 59.3 cm³/mol. The van der Waals surface area contributed by atoms with Crippen molar-refractivity contribution >= 4 is 7.60 Å². The van der Waals surface area contributed by atoms with Crippen molar-refractivity contribution in [1.82, 2.24) is 0 Å². The lowest BCUT2D eigenvalue weighted by molar-refractivity contribution is 0.207. The van der Waals surface area contributed by atoms with Crippen molar-refractivity contribution in [3.05, 3.63) is 18.6 Å². The second-order valence-corrected chi connectivity index (χ2v) is 4.89. The Morgan fingerprint density at radius 2 is 1.93 bits per heavy atom. The topological polar surface area (TPSA) is 35.5 Å². The van der Waals surface area contributed by atoms with Crippen LogP contribution in [0.4, 0.5) is 4.39 Å². The predicted octanol–water partition coefficient (Wildman–Crippen LogP) is 4.07. The van der Waals surface area contributed by atoms with Gasteiger partial charge in [0.25, 0.3) is 5.91 Å². The molecule has 0 N–H and O–H groups in total. The van der Waals surface area contributed by atoms with Crippen LogP contribution in [0.25, 0.3) is 0 Å². The van der Waals surface area contributed by atoms with E-state index in [1.807, 2.05) is 0 Å². The lowest BCUT2D eigenvalue weighted by Crippen LogP contribution is -2.02. The van der Waals surface area contributed by atoms with Crippen molar-refractivity contribution < 1.29 is 18.0 Å². The highest BCUT2D eigenvalue weighted by atomic mass is 31.2. The Kier molecular flexibility index (Phi) is 7.93. The first-order chi connectivity index (χ1) is 7.10. The van der Waals surface area contributed by atoms with Gasteiger partial charge in [-0.15, -0.1) is 6.58 Å². The largest absolute Gasteiger partial charge is 0.371 e. The van der Waals surface area contributed by atoms with Gasteiger partial charge in [-0.25, -0.2) is 4.39 Å². The van der Waals surface area contributed by atoms with E-state index in [4.69, 9.17) is 9.05 Å². The third kappa shape index (κ3) is 5.45. The zero-order chi connectivity index (χ0) is 11.7. The summed E-state index contributed by atoms with van der Waals surface area (Å²) in [5.41, 5.74) is 0. The van der Waals surface area contributed by atoms with Crippen molar-refractivity contribution in [1.29, 1.82) is 0 Å². The molecule has 0 atom stereocenters. The summed E-state index contributed by atoms with van der Waals surface area (Å²) in [5, 5.41) is 0. The molecule has 0 spiro atoms. The Morgan fingerprint density at radius 3 is 2.33 bits per heavy atom. The van der Waals surface area contributed by atoms with E-state index >= 15 is 0 Å². The molecule has 15 heavy (non-hydrogen) atoms. The zero-order valence-corrected chi connectivity index (χ0v) is 10.3. The van der Waals surface area contributed by atoms with E-state index in [2.05, 4.69) is 6.58 Å². The first-order valence-electron chi connectivity index (χ1n) is 5.12. The van der Waals surface area contributed by atoms with E-state index in [9.17, 15) is 8.96 Å². The molecule has 0 aliphatic rings. The first-order valence-corrected chi connectivity index (χ1v) is 6.66. The summed E-state index contributed by atoms with van der Waals surface area (Å²) in [5.74, 6) is -0.687.